The molecule has 0 spiro atoms. The molecule has 0 fully saturated rings. The molecule has 0 radical (unpaired) electrons. The van der Waals surface area contributed by atoms with Gasteiger partial charge in [-0.15, -0.1) is 0 Å². The van der Waals surface area contributed by atoms with E-state index >= 15 is 0 Å². The van der Waals surface area contributed by atoms with Crippen molar-refractivity contribution in [3.8, 4) is 0 Å². The monoisotopic (exact) mass is 198 g/mol. The van der Waals surface area contributed by atoms with Gasteiger partial charge in [0.1, 0.15) is 0 Å². The van der Waals surface area contributed by atoms with Crippen LogP contribution in [0.1, 0.15) is 20.3 Å². The van der Waals surface area contributed by atoms with Gasteiger partial charge in [-0.25, -0.2) is 9.37 Å². The molecule has 0 aliphatic heterocycles. The van der Waals surface area contributed by atoms with Crippen LogP contribution in [0.4, 0.5) is 16.2 Å². The van der Waals surface area contributed by atoms with Gasteiger partial charge in [0, 0.05) is 13.1 Å². The Morgan fingerprint density at radius 1 is 1.64 bits per heavy atom. The van der Waals surface area contributed by atoms with Crippen molar-refractivity contribution in [2.45, 2.75) is 26.3 Å². The Bertz CT molecular complexity index is 316. The highest BCUT2D eigenvalue weighted by Gasteiger charge is 2.14. The summed E-state index contributed by atoms with van der Waals surface area (Å²) in [7, 11) is 1.79. The molecule has 1 rings (SSSR count). The lowest BCUT2D eigenvalue weighted by atomic mass is 10.2. The molecule has 1 aromatic rings. The van der Waals surface area contributed by atoms with Crippen molar-refractivity contribution in [2.24, 2.45) is 0 Å². The molecule has 0 aliphatic carbocycles. The van der Waals surface area contributed by atoms with Gasteiger partial charge in [0.15, 0.2) is 11.6 Å². The maximum atomic E-state index is 13.3. The maximum absolute atomic E-state index is 13.3. The summed E-state index contributed by atoms with van der Waals surface area (Å²) in [5.41, 5.74) is 5.39. The predicted molar refractivity (Wildman–Crippen MR) is 54.6 cm³/mol. The minimum Gasteiger partial charge on any atom is -0.368 e. The zero-order chi connectivity index (χ0) is 10.7. The fourth-order valence-electron chi connectivity index (χ4n) is 1.10. The van der Waals surface area contributed by atoms with Crippen molar-refractivity contribution < 1.29 is 4.39 Å². The topological polar surface area (TPSA) is 55.0 Å². The number of nitrogens with two attached hydrogens (primary N) is 1. The summed E-state index contributed by atoms with van der Waals surface area (Å²) in [5.74, 6) is -0.0922. The van der Waals surface area contributed by atoms with E-state index in [0.717, 1.165) is 12.6 Å². The van der Waals surface area contributed by atoms with Gasteiger partial charge in [-0.05, 0) is 13.3 Å². The van der Waals surface area contributed by atoms with E-state index in [2.05, 4.69) is 9.97 Å². The minimum absolute atomic E-state index is 0.0940. The molecule has 0 aromatic carbocycles. The summed E-state index contributed by atoms with van der Waals surface area (Å²) in [6.45, 7) is 4.03. The molecule has 1 heterocycles. The van der Waals surface area contributed by atoms with Gasteiger partial charge in [0.05, 0.1) is 6.20 Å². The van der Waals surface area contributed by atoms with Gasteiger partial charge in [-0.2, -0.15) is 4.98 Å². The van der Waals surface area contributed by atoms with Crippen LogP contribution in [-0.2, 0) is 0 Å². The first-order valence-corrected chi connectivity index (χ1v) is 4.57. The van der Waals surface area contributed by atoms with Gasteiger partial charge in [0.2, 0.25) is 5.95 Å². The van der Waals surface area contributed by atoms with Crippen LogP contribution in [0.5, 0.6) is 0 Å². The Kier molecular flexibility index (Phi) is 3.22. The lowest BCUT2D eigenvalue weighted by Crippen LogP contribution is -2.30. The number of aromatic nitrogens is 2. The first-order valence-electron chi connectivity index (χ1n) is 4.57. The largest absolute Gasteiger partial charge is 0.368 e. The summed E-state index contributed by atoms with van der Waals surface area (Å²) < 4.78 is 13.3. The second-order valence-electron chi connectivity index (χ2n) is 3.27. The number of rotatable bonds is 3. The molecule has 2 N–H and O–H groups in total. The van der Waals surface area contributed by atoms with Crippen molar-refractivity contribution in [1.82, 2.24) is 9.97 Å². The molecule has 78 valence electrons. The van der Waals surface area contributed by atoms with Crippen LogP contribution in [0, 0.1) is 5.82 Å². The van der Waals surface area contributed by atoms with Gasteiger partial charge in [-0.3, -0.25) is 0 Å². The SMILES string of the molecule is CCC(C)N(C)c1nc(N)ncc1F. The third kappa shape index (κ3) is 2.10. The third-order valence-corrected chi connectivity index (χ3v) is 2.33. The van der Waals surface area contributed by atoms with Gasteiger partial charge >= 0.3 is 0 Å². The average Bonchev–Trinajstić information content (AvgIpc) is 2.19. The van der Waals surface area contributed by atoms with Crippen LogP contribution >= 0.6 is 0 Å². The van der Waals surface area contributed by atoms with Crippen LogP contribution < -0.4 is 10.6 Å². The van der Waals surface area contributed by atoms with E-state index < -0.39 is 5.82 Å². The quantitative estimate of drug-likeness (QED) is 0.798. The molecule has 1 aromatic heterocycles. The fraction of sp³-hybridized carbons (Fsp3) is 0.556. The zero-order valence-corrected chi connectivity index (χ0v) is 8.66. The molecule has 1 atom stereocenters. The summed E-state index contributed by atoms with van der Waals surface area (Å²) in [6.07, 6.45) is 2.01. The highest BCUT2D eigenvalue weighted by atomic mass is 19.1. The normalized spacial score (nSPS) is 12.6. The minimum atomic E-state index is -0.443. The highest BCUT2D eigenvalue weighted by molar-refractivity contribution is 5.42. The highest BCUT2D eigenvalue weighted by Crippen LogP contribution is 2.17. The molecule has 0 aliphatic rings. The van der Waals surface area contributed by atoms with Gasteiger partial charge in [-0.1, -0.05) is 6.92 Å². The number of anilines is 2. The Balaban J connectivity index is 2.99. The summed E-state index contributed by atoms with van der Waals surface area (Å²) in [6, 6.07) is 0.221. The van der Waals surface area contributed by atoms with Crippen LogP contribution in [0.2, 0.25) is 0 Å². The zero-order valence-electron chi connectivity index (χ0n) is 8.66. The number of nitrogen functional groups attached to an aromatic ring is 1. The molecule has 0 amide bonds. The Morgan fingerprint density at radius 2 is 2.29 bits per heavy atom. The van der Waals surface area contributed by atoms with Crippen molar-refractivity contribution >= 4 is 11.8 Å². The predicted octanol–water partition coefficient (Wildman–Crippen LogP) is 1.43. The molecule has 14 heavy (non-hydrogen) atoms. The molecule has 4 nitrogen and oxygen atoms in total. The molecule has 5 heteroatoms. The summed E-state index contributed by atoms with van der Waals surface area (Å²) in [5, 5.41) is 0. The second-order valence-corrected chi connectivity index (χ2v) is 3.27. The van der Waals surface area contributed by atoms with E-state index in [1.165, 1.54) is 0 Å². The first kappa shape index (κ1) is 10.7. The van der Waals surface area contributed by atoms with E-state index in [-0.39, 0.29) is 17.8 Å². The van der Waals surface area contributed by atoms with Crippen LogP contribution in [0.3, 0.4) is 0 Å². The lowest BCUT2D eigenvalue weighted by Gasteiger charge is -2.24. The Morgan fingerprint density at radius 3 is 2.86 bits per heavy atom. The molecule has 1 unspecified atom stereocenters. The number of hydrogen-bond donors (Lipinski definition) is 1. The number of nitrogens with zero attached hydrogens (tertiary/aromatic N) is 3. The van der Waals surface area contributed by atoms with Crippen LogP contribution in [0.15, 0.2) is 6.20 Å². The number of hydrogen-bond acceptors (Lipinski definition) is 4. The Hall–Kier alpha value is -1.39. The summed E-state index contributed by atoms with van der Waals surface area (Å²) in [4.78, 5) is 9.19. The van der Waals surface area contributed by atoms with Crippen molar-refractivity contribution in [3.63, 3.8) is 0 Å². The van der Waals surface area contributed by atoms with Gasteiger partial charge < -0.3 is 10.6 Å². The maximum Gasteiger partial charge on any atom is 0.222 e. The van der Waals surface area contributed by atoms with E-state index in [4.69, 9.17) is 5.73 Å². The van der Waals surface area contributed by atoms with E-state index in [0.29, 0.717) is 0 Å². The standard InChI is InChI=1S/C9H15FN4/c1-4-6(2)14(3)8-7(10)5-12-9(11)13-8/h5-6H,4H2,1-3H3,(H2,11,12,13). The molecular formula is C9H15FN4. The third-order valence-electron chi connectivity index (χ3n) is 2.33. The molecule has 0 saturated carbocycles. The Labute approximate surface area is 83.0 Å². The van der Waals surface area contributed by atoms with E-state index in [1.54, 1.807) is 11.9 Å². The smallest absolute Gasteiger partial charge is 0.222 e. The lowest BCUT2D eigenvalue weighted by molar-refractivity contribution is 0.585. The summed E-state index contributed by atoms with van der Waals surface area (Å²) >= 11 is 0. The number of halogens is 1. The van der Waals surface area contributed by atoms with Crippen LogP contribution in [-0.4, -0.2) is 23.1 Å². The first-order chi connectivity index (χ1) is 6.56. The van der Waals surface area contributed by atoms with E-state index in [9.17, 15) is 4.39 Å². The fourth-order valence-corrected chi connectivity index (χ4v) is 1.10. The van der Waals surface area contributed by atoms with E-state index in [1.807, 2.05) is 13.8 Å². The van der Waals surface area contributed by atoms with Crippen molar-refractivity contribution in [3.05, 3.63) is 12.0 Å². The molecule has 0 saturated heterocycles. The second kappa shape index (κ2) is 4.21. The van der Waals surface area contributed by atoms with Crippen molar-refractivity contribution in [2.75, 3.05) is 17.7 Å². The average molecular weight is 198 g/mol. The molecular weight excluding hydrogens is 183 g/mol. The van der Waals surface area contributed by atoms with Gasteiger partial charge in [0.25, 0.3) is 0 Å². The van der Waals surface area contributed by atoms with Crippen LogP contribution in [0.25, 0.3) is 0 Å². The van der Waals surface area contributed by atoms with Crippen molar-refractivity contribution in [1.29, 1.82) is 0 Å². The molecule has 0 bridgehead atoms.